The number of carboxylic acid groups (broad SMARTS) is 1. The average Bonchev–Trinajstić information content (AvgIpc) is 3.08. The summed E-state index contributed by atoms with van der Waals surface area (Å²) >= 11 is 3.64. The second-order valence-electron chi connectivity index (χ2n) is 6.16. The normalized spacial score (nSPS) is 18.9. The van der Waals surface area contributed by atoms with Crippen molar-refractivity contribution in [3.63, 3.8) is 0 Å². The van der Waals surface area contributed by atoms with Crippen molar-refractivity contribution in [1.29, 1.82) is 0 Å². The molecule has 2 aromatic carbocycles. The Bertz CT molecular complexity index is 732. The summed E-state index contributed by atoms with van der Waals surface area (Å²) in [4.78, 5) is 13.8. The maximum atomic E-state index is 11.7. The summed E-state index contributed by atoms with van der Waals surface area (Å²) in [6.07, 6.45) is 1.59. The number of aliphatic carboxylic acids is 1. The van der Waals surface area contributed by atoms with Crippen LogP contribution in [0.2, 0.25) is 0 Å². The zero-order valence-corrected chi connectivity index (χ0v) is 15.8. The molecular formula is C20H22BrNO3. The van der Waals surface area contributed by atoms with Gasteiger partial charge in [0.25, 0.3) is 0 Å². The first-order chi connectivity index (χ1) is 12.1. The summed E-state index contributed by atoms with van der Waals surface area (Å²) in [6, 6.07) is 15.4. The van der Waals surface area contributed by atoms with E-state index in [9.17, 15) is 9.90 Å². The van der Waals surface area contributed by atoms with Gasteiger partial charge in [-0.05, 0) is 49.1 Å². The van der Waals surface area contributed by atoms with Gasteiger partial charge in [-0.1, -0.05) is 46.3 Å². The summed E-state index contributed by atoms with van der Waals surface area (Å²) < 4.78 is 6.53. The monoisotopic (exact) mass is 403 g/mol. The van der Waals surface area contributed by atoms with Gasteiger partial charge in [-0.25, -0.2) is 0 Å². The zero-order valence-electron chi connectivity index (χ0n) is 14.2. The van der Waals surface area contributed by atoms with Crippen LogP contribution in [0.3, 0.4) is 0 Å². The summed E-state index contributed by atoms with van der Waals surface area (Å²) in [6.45, 7) is 3.36. The Morgan fingerprint density at radius 2 is 2.00 bits per heavy atom. The molecule has 1 saturated heterocycles. The van der Waals surface area contributed by atoms with Crippen molar-refractivity contribution in [3.05, 3.63) is 64.1 Å². The first kappa shape index (κ1) is 18.0. The number of carboxylic acids is 1. The fourth-order valence-corrected chi connectivity index (χ4v) is 4.02. The molecular weight excluding hydrogens is 382 g/mol. The van der Waals surface area contributed by atoms with Crippen LogP contribution in [-0.4, -0.2) is 35.2 Å². The first-order valence-electron chi connectivity index (χ1n) is 8.57. The lowest BCUT2D eigenvalue weighted by Gasteiger charge is -2.32. The zero-order chi connectivity index (χ0) is 17.8. The van der Waals surface area contributed by atoms with Crippen LogP contribution in [0.15, 0.2) is 53.0 Å². The van der Waals surface area contributed by atoms with Crippen molar-refractivity contribution in [1.82, 2.24) is 4.90 Å². The summed E-state index contributed by atoms with van der Waals surface area (Å²) in [5.41, 5.74) is 2.16. The molecule has 0 bridgehead atoms. The molecule has 4 nitrogen and oxygen atoms in total. The van der Waals surface area contributed by atoms with Crippen LogP contribution >= 0.6 is 15.9 Å². The minimum Gasteiger partial charge on any atom is -0.494 e. The lowest BCUT2D eigenvalue weighted by molar-refractivity contribution is -0.142. The van der Waals surface area contributed by atoms with Gasteiger partial charge in [-0.3, -0.25) is 9.69 Å². The van der Waals surface area contributed by atoms with Crippen LogP contribution in [-0.2, 0) is 4.79 Å². The van der Waals surface area contributed by atoms with E-state index in [1.54, 1.807) is 0 Å². The van der Waals surface area contributed by atoms with Gasteiger partial charge < -0.3 is 9.84 Å². The molecule has 2 aromatic rings. The molecule has 2 unspecified atom stereocenters. The van der Waals surface area contributed by atoms with Gasteiger partial charge in [0, 0.05) is 11.0 Å². The minimum absolute atomic E-state index is 0.102. The van der Waals surface area contributed by atoms with Gasteiger partial charge in [0.15, 0.2) is 0 Å². The molecule has 1 aliphatic heterocycles. The second-order valence-corrected chi connectivity index (χ2v) is 7.01. The summed E-state index contributed by atoms with van der Waals surface area (Å²) in [5, 5.41) is 9.64. The smallest absolute Gasteiger partial charge is 0.320 e. The maximum absolute atomic E-state index is 11.7. The fourth-order valence-electron chi connectivity index (χ4n) is 3.52. The van der Waals surface area contributed by atoms with Crippen LogP contribution in [0.4, 0.5) is 0 Å². The molecule has 1 aliphatic rings. The molecule has 25 heavy (non-hydrogen) atoms. The van der Waals surface area contributed by atoms with Crippen LogP contribution in [0.25, 0.3) is 0 Å². The highest BCUT2D eigenvalue weighted by Crippen LogP contribution is 2.38. The topological polar surface area (TPSA) is 49.8 Å². The predicted octanol–water partition coefficient (Wildman–Crippen LogP) is 4.49. The predicted molar refractivity (Wildman–Crippen MR) is 101 cm³/mol. The van der Waals surface area contributed by atoms with Crippen molar-refractivity contribution >= 4 is 21.9 Å². The molecule has 0 aliphatic carbocycles. The molecule has 3 rings (SSSR count). The third-order valence-electron chi connectivity index (χ3n) is 4.62. The molecule has 5 heteroatoms. The third-order valence-corrected chi connectivity index (χ3v) is 5.34. The quantitative estimate of drug-likeness (QED) is 0.771. The number of halogens is 1. The molecule has 1 fully saturated rings. The lowest BCUT2D eigenvalue weighted by atomic mass is 9.96. The number of ether oxygens (including phenoxy) is 1. The molecule has 0 saturated carbocycles. The number of hydrogen-bond donors (Lipinski definition) is 1. The number of likely N-dealkylation sites (tertiary alicyclic amines) is 1. The highest BCUT2D eigenvalue weighted by Gasteiger charge is 2.37. The Labute approximate surface area is 156 Å². The molecule has 0 aromatic heterocycles. The van der Waals surface area contributed by atoms with Crippen molar-refractivity contribution in [2.75, 3.05) is 13.2 Å². The number of rotatable bonds is 6. The highest BCUT2D eigenvalue weighted by molar-refractivity contribution is 9.10. The Morgan fingerprint density at radius 1 is 1.28 bits per heavy atom. The molecule has 132 valence electrons. The number of nitrogens with zero attached hydrogens (tertiary/aromatic N) is 1. The Morgan fingerprint density at radius 3 is 2.64 bits per heavy atom. The van der Waals surface area contributed by atoms with Crippen LogP contribution in [0.5, 0.6) is 5.75 Å². The first-order valence-corrected chi connectivity index (χ1v) is 9.37. The second kappa shape index (κ2) is 8.02. The summed E-state index contributed by atoms with van der Waals surface area (Å²) in [7, 11) is 0. The van der Waals surface area contributed by atoms with Gasteiger partial charge in [0.1, 0.15) is 11.8 Å². The van der Waals surface area contributed by atoms with Gasteiger partial charge >= 0.3 is 5.97 Å². The average molecular weight is 404 g/mol. The molecule has 0 radical (unpaired) electrons. The Kier molecular flexibility index (Phi) is 5.76. The van der Waals surface area contributed by atoms with Crippen molar-refractivity contribution in [3.8, 4) is 5.75 Å². The van der Waals surface area contributed by atoms with E-state index in [0.29, 0.717) is 13.0 Å². The number of benzene rings is 2. The minimum atomic E-state index is -0.750. The number of hydrogen-bond acceptors (Lipinski definition) is 3. The van der Waals surface area contributed by atoms with E-state index in [0.717, 1.165) is 34.3 Å². The number of carbonyl (C=O) groups is 1. The lowest BCUT2D eigenvalue weighted by Crippen LogP contribution is -2.39. The van der Waals surface area contributed by atoms with Crippen LogP contribution in [0.1, 0.15) is 36.9 Å². The van der Waals surface area contributed by atoms with Gasteiger partial charge in [0.05, 0.1) is 12.6 Å². The largest absolute Gasteiger partial charge is 0.494 e. The van der Waals surface area contributed by atoms with Gasteiger partial charge in [-0.15, -0.1) is 0 Å². The van der Waals surface area contributed by atoms with E-state index in [1.165, 1.54) is 0 Å². The molecule has 0 spiro atoms. The molecule has 2 atom stereocenters. The van der Waals surface area contributed by atoms with Crippen LogP contribution < -0.4 is 4.74 Å². The van der Waals surface area contributed by atoms with Gasteiger partial charge in [0.2, 0.25) is 0 Å². The van der Waals surface area contributed by atoms with Gasteiger partial charge in [-0.2, -0.15) is 0 Å². The fraction of sp³-hybridized carbons (Fsp3) is 0.350. The van der Waals surface area contributed by atoms with E-state index in [-0.39, 0.29) is 6.04 Å². The summed E-state index contributed by atoms with van der Waals surface area (Å²) in [5.74, 6) is 0.0776. The van der Waals surface area contributed by atoms with Crippen molar-refractivity contribution in [2.24, 2.45) is 0 Å². The Hall–Kier alpha value is -1.85. The van der Waals surface area contributed by atoms with E-state index < -0.39 is 12.0 Å². The maximum Gasteiger partial charge on any atom is 0.320 e. The van der Waals surface area contributed by atoms with Crippen molar-refractivity contribution < 1.29 is 14.6 Å². The third kappa shape index (κ3) is 3.88. The van der Waals surface area contributed by atoms with E-state index in [1.807, 2.05) is 49.4 Å². The molecule has 0 amide bonds. The standard InChI is InChI=1S/C20H22BrNO3/c1-2-25-15-11-9-14(10-12-15)19(16-6-3-4-7-17(16)21)22-13-5-8-18(22)20(23)24/h3-4,6-7,9-12,18-19H,2,5,8,13H2,1H3,(H,23,24). The molecule has 1 heterocycles. The SMILES string of the molecule is CCOc1ccc(C(c2ccccc2Br)N2CCCC2C(=O)O)cc1. The van der Waals surface area contributed by atoms with E-state index in [2.05, 4.69) is 26.9 Å². The highest BCUT2D eigenvalue weighted by atomic mass is 79.9. The Balaban J connectivity index is 2.03. The van der Waals surface area contributed by atoms with Crippen molar-refractivity contribution in [2.45, 2.75) is 31.8 Å². The van der Waals surface area contributed by atoms with E-state index >= 15 is 0 Å². The van der Waals surface area contributed by atoms with Crippen LogP contribution in [0, 0.1) is 0 Å². The molecule has 1 N–H and O–H groups in total. The van der Waals surface area contributed by atoms with E-state index in [4.69, 9.17) is 4.74 Å².